The summed E-state index contributed by atoms with van der Waals surface area (Å²) in [6.45, 7) is 7.24. The van der Waals surface area contributed by atoms with Crippen molar-refractivity contribution < 1.29 is 9.84 Å². The Kier molecular flexibility index (Phi) is 9.97. The van der Waals surface area contributed by atoms with Crippen molar-refractivity contribution in [3.8, 4) is 5.75 Å². The molecule has 0 bridgehead atoms. The lowest BCUT2D eigenvalue weighted by Crippen LogP contribution is -2.35. The Bertz CT molecular complexity index is 405. The maximum atomic E-state index is 10.2. The largest absolute Gasteiger partial charge is 0.494 e. The van der Waals surface area contributed by atoms with Crippen LogP contribution in [0.4, 0.5) is 0 Å². The average molecular weight is 322 g/mol. The molecule has 0 aliphatic rings. The number of hydrogen-bond acceptors (Lipinski definition) is 3. The quantitative estimate of drug-likeness (QED) is 0.552. The first-order valence-electron chi connectivity index (χ1n) is 9.24. The molecule has 0 aromatic heterocycles. The van der Waals surface area contributed by atoms with Crippen LogP contribution in [0.2, 0.25) is 0 Å². The number of aliphatic hydroxyl groups is 1. The van der Waals surface area contributed by atoms with Crippen LogP contribution in [0.25, 0.3) is 0 Å². The molecule has 3 heteroatoms. The molecule has 3 N–H and O–H groups in total. The standard InChI is InChI=1S/C20H35NO2/c1-4-6-7-8-14-23-18-12-10-17(11-13-18)16(3)15-20(22)19(21)9-5-2/h10-13,16,19-20,22H,4-9,14-15,21H2,1-3H3. The number of unbranched alkanes of at least 4 members (excludes halogenated alkanes) is 3. The number of rotatable bonds is 12. The summed E-state index contributed by atoms with van der Waals surface area (Å²) in [6.07, 6.45) is 7.05. The lowest BCUT2D eigenvalue weighted by Gasteiger charge is -2.22. The Labute approximate surface area is 142 Å². The fourth-order valence-electron chi connectivity index (χ4n) is 2.81. The molecule has 0 heterocycles. The Morgan fingerprint density at radius 1 is 1.04 bits per heavy atom. The van der Waals surface area contributed by atoms with Crippen molar-refractivity contribution in [2.24, 2.45) is 5.73 Å². The second-order valence-electron chi connectivity index (χ2n) is 6.63. The number of ether oxygens (including phenoxy) is 1. The molecular formula is C20H35NO2. The van der Waals surface area contributed by atoms with Crippen LogP contribution in [0.3, 0.4) is 0 Å². The molecule has 132 valence electrons. The molecule has 0 aliphatic heterocycles. The molecule has 23 heavy (non-hydrogen) atoms. The minimum Gasteiger partial charge on any atom is -0.494 e. The minimum atomic E-state index is -0.431. The molecule has 0 aliphatic carbocycles. The average Bonchev–Trinajstić information content (AvgIpc) is 2.55. The van der Waals surface area contributed by atoms with Crippen molar-refractivity contribution in [3.05, 3.63) is 29.8 Å². The van der Waals surface area contributed by atoms with E-state index in [0.717, 1.165) is 31.6 Å². The summed E-state index contributed by atoms with van der Waals surface area (Å²) in [5, 5.41) is 10.2. The van der Waals surface area contributed by atoms with Crippen LogP contribution < -0.4 is 10.5 Å². The highest BCUT2D eigenvalue weighted by molar-refractivity contribution is 5.29. The third-order valence-electron chi connectivity index (χ3n) is 4.43. The summed E-state index contributed by atoms with van der Waals surface area (Å²) < 4.78 is 5.77. The van der Waals surface area contributed by atoms with Crippen LogP contribution in [-0.4, -0.2) is 23.9 Å². The highest BCUT2D eigenvalue weighted by Gasteiger charge is 2.18. The van der Waals surface area contributed by atoms with Gasteiger partial charge in [0.2, 0.25) is 0 Å². The molecule has 0 spiro atoms. The second kappa shape index (κ2) is 11.5. The number of benzene rings is 1. The third-order valence-corrected chi connectivity index (χ3v) is 4.43. The van der Waals surface area contributed by atoms with E-state index in [0.29, 0.717) is 12.3 Å². The van der Waals surface area contributed by atoms with Crippen LogP contribution in [0.5, 0.6) is 5.75 Å². The maximum absolute atomic E-state index is 10.2. The van der Waals surface area contributed by atoms with Gasteiger partial charge in [-0.3, -0.25) is 0 Å². The van der Waals surface area contributed by atoms with Crippen LogP contribution in [-0.2, 0) is 0 Å². The van der Waals surface area contributed by atoms with E-state index < -0.39 is 6.10 Å². The molecule has 3 nitrogen and oxygen atoms in total. The molecule has 0 amide bonds. The van der Waals surface area contributed by atoms with Gasteiger partial charge in [-0.15, -0.1) is 0 Å². The molecule has 1 rings (SSSR count). The Hall–Kier alpha value is -1.06. The van der Waals surface area contributed by atoms with Crippen LogP contribution in [0.15, 0.2) is 24.3 Å². The Morgan fingerprint density at radius 2 is 1.74 bits per heavy atom. The van der Waals surface area contributed by atoms with E-state index in [1.54, 1.807) is 0 Å². The van der Waals surface area contributed by atoms with E-state index in [1.807, 2.05) is 12.1 Å². The summed E-state index contributed by atoms with van der Waals surface area (Å²) >= 11 is 0. The smallest absolute Gasteiger partial charge is 0.119 e. The van der Waals surface area contributed by atoms with Gasteiger partial charge in [-0.2, -0.15) is 0 Å². The zero-order valence-corrected chi connectivity index (χ0v) is 15.1. The van der Waals surface area contributed by atoms with Gasteiger partial charge in [-0.05, 0) is 42.9 Å². The molecule has 3 atom stereocenters. The highest BCUT2D eigenvalue weighted by Crippen LogP contribution is 2.24. The fourth-order valence-corrected chi connectivity index (χ4v) is 2.81. The van der Waals surface area contributed by atoms with Gasteiger partial charge in [-0.25, -0.2) is 0 Å². The predicted molar refractivity (Wildman–Crippen MR) is 98.0 cm³/mol. The van der Waals surface area contributed by atoms with Crippen molar-refractivity contribution in [1.29, 1.82) is 0 Å². The third kappa shape index (κ3) is 7.85. The van der Waals surface area contributed by atoms with E-state index in [9.17, 15) is 5.11 Å². The van der Waals surface area contributed by atoms with Crippen LogP contribution >= 0.6 is 0 Å². The SMILES string of the molecule is CCCCCCOc1ccc(C(C)CC(O)C(N)CCC)cc1. The lowest BCUT2D eigenvalue weighted by atomic mass is 9.91. The molecule has 1 aromatic rings. The monoisotopic (exact) mass is 321 g/mol. The maximum Gasteiger partial charge on any atom is 0.119 e. The van der Waals surface area contributed by atoms with E-state index in [2.05, 4.69) is 32.9 Å². The van der Waals surface area contributed by atoms with Gasteiger partial charge in [0.15, 0.2) is 0 Å². The number of hydrogen-bond donors (Lipinski definition) is 2. The first-order valence-corrected chi connectivity index (χ1v) is 9.24. The zero-order chi connectivity index (χ0) is 17.1. The van der Waals surface area contributed by atoms with Gasteiger partial charge in [0.05, 0.1) is 12.7 Å². The summed E-state index contributed by atoms with van der Waals surface area (Å²) in [4.78, 5) is 0. The van der Waals surface area contributed by atoms with E-state index in [-0.39, 0.29) is 6.04 Å². The van der Waals surface area contributed by atoms with Crippen LogP contribution in [0, 0.1) is 0 Å². The topological polar surface area (TPSA) is 55.5 Å². The van der Waals surface area contributed by atoms with Crippen LogP contribution in [0.1, 0.15) is 77.2 Å². The van der Waals surface area contributed by atoms with Crippen molar-refractivity contribution >= 4 is 0 Å². The van der Waals surface area contributed by atoms with Gasteiger partial charge in [0, 0.05) is 6.04 Å². The van der Waals surface area contributed by atoms with Gasteiger partial charge >= 0.3 is 0 Å². The second-order valence-corrected chi connectivity index (χ2v) is 6.63. The molecule has 0 radical (unpaired) electrons. The summed E-state index contributed by atoms with van der Waals surface area (Å²) in [5.41, 5.74) is 7.23. The lowest BCUT2D eigenvalue weighted by molar-refractivity contribution is 0.124. The van der Waals surface area contributed by atoms with Gasteiger partial charge < -0.3 is 15.6 Å². The van der Waals surface area contributed by atoms with Crippen molar-refractivity contribution in [2.75, 3.05) is 6.61 Å². The number of aliphatic hydroxyl groups excluding tert-OH is 1. The summed E-state index contributed by atoms with van der Waals surface area (Å²) in [5.74, 6) is 1.23. The first kappa shape index (κ1) is 20.0. The Balaban J connectivity index is 2.39. The molecule has 3 unspecified atom stereocenters. The van der Waals surface area contributed by atoms with Crippen molar-refractivity contribution in [2.45, 2.75) is 83.8 Å². The Morgan fingerprint density at radius 3 is 2.35 bits per heavy atom. The van der Waals surface area contributed by atoms with Crippen molar-refractivity contribution in [1.82, 2.24) is 0 Å². The van der Waals surface area contributed by atoms with Crippen molar-refractivity contribution in [3.63, 3.8) is 0 Å². The molecular weight excluding hydrogens is 286 g/mol. The highest BCUT2D eigenvalue weighted by atomic mass is 16.5. The molecule has 1 aromatic carbocycles. The van der Waals surface area contributed by atoms with E-state index in [1.165, 1.54) is 24.8 Å². The molecule has 0 saturated heterocycles. The predicted octanol–water partition coefficient (Wildman–Crippen LogP) is 4.63. The van der Waals surface area contributed by atoms with Gasteiger partial charge in [0.25, 0.3) is 0 Å². The fraction of sp³-hybridized carbons (Fsp3) is 0.700. The molecule has 0 saturated carbocycles. The summed E-state index contributed by atoms with van der Waals surface area (Å²) in [6, 6.07) is 8.15. The normalized spacial score (nSPS) is 15.2. The van der Waals surface area contributed by atoms with E-state index >= 15 is 0 Å². The molecule has 0 fully saturated rings. The van der Waals surface area contributed by atoms with Gasteiger partial charge in [-0.1, -0.05) is 58.6 Å². The first-order chi connectivity index (χ1) is 11.1. The minimum absolute atomic E-state index is 0.117. The van der Waals surface area contributed by atoms with Gasteiger partial charge in [0.1, 0.15) is 5.75 Å². The van der Waals surface area contributed by atoms with E-state index in [4.69, 9.17) is 10.5 Å². The zero-order valence-electron chi connectivity index (χ0n) is 15.1. The summed E-state index contributed by atoms with van der Waals surface area (Å²) in [7, 11) is 0. The number of nitrogens with two attached hydrogens (primary N) is 1.